The lowest BCUT2D eigenvalue weighted by atomic mass is 10.1. The first kappa shape index (κ1) is 20.5. The lowest BCUT2D eigenvalue weighted by Crippen LogP contribution is -2.41. The first-order valence-electron chi connectivity index (χ1n) is 10.6. The van der Waals surface area contributed by atoms with Crippen LogP contribution in [0, 0.1) is 19.7 Å². The Morgan fingerprint density at radius 1 is 1.03 bits per heavy atom. The minimum atomic E-state index is -0.785. The fraction of sp³-hybridized carbons (Fsp3) is 0.292. The van der Waals surface area contributed by atoms with E-state index in [9.17, 15) is 9.50 Å². The number of fused-ring (bicyclic) bond motifs is 1. The standard InChI is InChI=1S/C24H24FN5O2/c1-15-3-5-17(6-4-15)23-27-24(18-7-9-19(25)10-8-18)30(28-23)14-22(31)29-12-11-21-20(13-29)26-16(2)32-21/h3-10,22,31H,11-14H2,1-2H3. The molecule has 2 aromatic carbocycles. The molecule has 0 radical (unpaired) electrons. The molecule has 0 aliphatic carbocycles. The maximum absolute atomic E-state index is 13.5. The second kappa shape index (κ2) is 8.29. The fourth-order valence-corrected chi connectivity index (χ4v) is 3.98. The summed E-state index contributed by atoms with van der Waals surface area (Å²) in [5.74, 6) is 2.36. The molecular weight excluding hydrogens is 409 g/mol. The minimum Gasteiger partial charge on any atom is -0.446 e. The van der Waals surface area contributed by atoms with Gasteiger partial charge in [0.1, 0.15) is 17.8 Å². The number of rotatable bonds is 5. The molecule has 4 aromatic rings. The van der Waals surface area contributed by atoms with E-state index in [1.165, 1.54) is 12.1 Å². The molecule has 7 nitrogen and oxygen atoms in total. The van der Waals surface area contributed by atoms with Crippen molar-refractivity contribution in [1.29, 1.82) is 0 Å². The third kappa shape index (κ3) is 4.06. The molecule has 164 valence electrons. The third-order valence-corrected chi connectivity index (χ3v) is 5.71. The summed E-state index contributed by atoms with van der Waals surface area (Å²) in [4.78, 5) is 11.1. The van der Waals surface area contributed by atoms with Gasteiger partial charge < -0.3 is 9.52 Å². The predicted molar refractivity (Wildman–Crippen MR) is 117 cm³/mol. The molecule has 2 aromatic heterocycles. The van der Waals surface area contributed by atoms with Crippen LogP contribution in [0.25, 0.3) is 22.8 Å². The summed E-state index contributed by atoms with van der Waals surface area (Å²) in [6, 6.07) is 14.1. The van der Waals surface area contributed by atoms with E-state index in [1.54, 1.807) is 16.8 Å². The van der Waals surface area contributed by atoms with Crippen molar-refractivity contribution in [3.8, 4) is 22.8 Å². The van der Waals surface area contributed by atoms with Crippen LogP contribution < -0.4 is 0 Å². The highest BCUT2D eigenvalue weighted by molar-refractivity contribution is 5.62. The van der Waals surface area contributed by atoms with E-state index in [4.69, 9.17) is 9.40 Å². The molecular formula is C24H24FN5O2. The monoisotopic (exact) mass is 433 g/mol. The van der Waals surface area contributed by atoms with E-state index in [0.29, 0.717) is 37.0 Å². The number of benzene rings is 2. The van der Waals surface area contributed by atoms with Gasteiger partial charge in [-0.3, -0.25) is 4.90 Å². The van der Waals surface area contributed by atoms with Crippen molar-refractivity contribution < 1.29 is 13.9 Å². The van der Waals surface area contributed by atoms with E-state index in [-0.39, 0.29) is 12.4 Å². The molecule has 8 heteroatoms. The average molecular weight is 433 g/mol. The van der Waals surface area contributed by atoms with Gasteiger partial charge in [-0.25, -0.2) is 19.0 Å². The van der Waals surface area contributed by atoms with Gasteiger partial charge in [0.25, 0.3) is 0 Å². The van der Waals surface area contributed by atoms with Crippen LogP contribution in [0.15, 0.2) is 52.9 Å². The van der Waals surface area contributed by atoms with Crippen molar-refractivity contribution >= 4 is 0 Å². The molecule has 0 saturated carbocycles. The van der Waals surface area contributed by atoms with E-state index in [1.807, 2.05) is 43.0 Å². The largest absolute Gasteiger partial charge is 0.446 e. The summed E-state index contributed by atoms with van der Waals surface area (Å²) in [5.41, 5.74) is 3.63. The van der Waals surface area contributed by atoms with Gasteiger partial charge in [-0.1, -0.05) is 29.8 Å². The van der Waals surface area contributed by atoms with Gasteiger partial charge in [-0.15, -0.1) is 0 Å². The molecule has 1 aliphatic heterocycles. The van der Waals surface area contributed by atoms with Crippen molar-refractivity contribution in [2.45, 2.75) is 39.6 Å². The van der Waals surface area contributed by atoms with Crippen molar-refractivity contribution in [1.82, 2.24) is 24.6 Å². The molecule has 0 amide bonds. The number of hydrogen-bond donors (Lipinski definition) is 1. The summed E-state index contributed by atoms with van der Waals surface area (Å²) in [6.07, 6.45) is -0.0868. The van der Waals surface area contributed by atoms with Crippen molar-refractivity contribution in [2.75, 3.05) is 6.54 Å². The highest BCUT2D eigenvalue weighted by Gasteiger charge is 2.27. The molecule has 0 fully saturated rings. The Kier molecular flexibility index (Phi) is 5.32. The summed E-state index contributed by atoms with van der Waals surface area (Å²) in [5, 5.41) is 15.7. The maximum atomic E-state index is 13.5. The van der Waals surface area contributed by atoms with E-state index in [2.05, 4.69) is 10.1 Å². The normalized spacial score (nSPS) is 15.0. The van der Waals surface area contributed by atoms with Gasteiger partial charge in [0.2, 0.25) is 0 Å². The fourth-order valence-electron chi connectivity index (χ4n) is 3.98. The molecule has 1 unspecified atom stereocenters. The lowest BCUT2D eigenvalue weighted by Gasteiger charge is -2.30. The average Bonchev–Trinajstić information content (AvgIpc) is 3.36. The summed E-state index contributed by atoms with van der Waals surface area (Å²) >= 11 is 0. The Bertz CT molecular complexity index is 1230. The first-order chi connectivity index (χ1) is 15.5. The highest BCUT2D eigenvalue weighted by atomic mass is 19.1. The van der Waals surface area contributed by atoms with Crippen LogP contribution in [0.5, 0.6) is 0 Å². The van der Waals surface area contributed by atoms with Crippen LogP contribution in [-0.2, 0) is 19.5 Å². The molecule has 0 spiro atoms. The number of nitrogens with zero attached hydrogens (tertiary/aromatic N) is 5. The number of halogens is 1. The van der Waals surface area contributed by atoms with Crippen molar-refractivity contribution in [2.24, 2.45) is 0 Å². The number of aliphatic hydroxyl groups excluding tert-OH is 1. The zero-order valence-electron chi connectivity index (χ0n) is 18.0. The second-order valence-corrected chi connectivity index (χ2v) is 8.12. The summed E-state index contributed by atoms with van der Waals surface area (Å²) in [7, 11) is 0. The van der Waals surface area contributed by atoms with Gasteiger partial charge in [0.05, 0.1) is 12.2 Å². The first-order valence-corrected chi connectivity index (χ1v) is 10.6. The SMILES string of the molecule is Cc1ccc(-c2nc(-c3ccc(F)cc3)n(CC(O)N3CCc4oc(C)nc4C3)n2)cc1. The quantitative estimate of drug-likeness (QED) is 0.517. The van der Waals surface area contributed by atoms with Crippen LogP contribution in [-0.4, -0.2) is 42.5 Å². The van der Waals surface area contributed by atoms with Crippen LogP contribution in [0.2, 0.25) is 0 Å². The van der Waals surface area contributed by atoms with Crippen molar-refractivity contribution in [3.63, 3.8) is 0 Å². The Hall–Kier alpha value is -3.36. The van der Waals surface area contributed by atoms with Crippen molar-refractivity contribution in [3.05, 3.63) is 77.3 Å². The van der Waals surface area contributed by atoms with E-state index >= 15 is 0 Å². The molecule has 1 N–H and O–H groups in total. The molecule has 32 heavy (non-hydrogen) atoms. The molecule has 1 atom stereocenters. The summed E-state index contributed by atoms with van der Waals surface area (Å²) in [6.45, 7) is 5.25. The van der Waals surface area contributed by atoms with Crippen LogP contribution in [0.1, 0.15) is 22.9 Å². The van der Waals surface area contributed by atoms with Crippen LogP contribution in [0.4, 0.5) is 4.39 Å². The third-order valence-electron chi connectivity index (χ3n) is 5.71. The molecule has 3 heterocycles. The van der Waals surface area contributed by atoms with Crippen LogP contribution in [0.3, 0.4) is 0 Å². The van der Waals surface area contributed by atoms with E-state index < -0.39 is 6.23 Å². The Morgan fingerprint density at radius 2 is 1.75 bits per heavy atom. The predicted octanol–water partition coefficient (Wildman–Crippen LogP) is 3.73. The second-order valence-electron chi connectivity index (χ2n) is 8.12. The van der Waals surface area contributed by atoms with E-state index in [0.717, 1.165) is 28.1 Å². The lowest BCUT2D eigenvalue weighted by molar-refractivity contribution is -0.0213. The smallest absolute Gasteiger partial charge is 0.191 e. The zero-order chi connectivity index (χ0) is 22.2. The Morgan fingerprint density at radius 3 is 2.50 bits per heavy atom. The summed E-state index contributed by atoms with van der Waals surface area (Å²) < 4.78 is 20.8. The number of aromatic nitrogens is 4. The number of aryl methyl sites for hydroxylation is 2. The Balaban J connectivity index is 1.45. The van der Waals surface area contributed by atoms with Gasteiger partial charge in [-0.2, -0.15) is 5.10 Å². The molecule has 5 rings (SSSR count). The molecule has 1 aliphatic rings. The Labute approximate surface area is 185 Å². The van der Waals surface area contributed by atoms with Gasteiger partial charge in [-0.05, 0) is 31.2 Å². The number of hydrogen-bond acceptors (Lipinski definition) is 6. The zero-order valence-corrected chi connectivity index (χ0v) is 18.0. The highest BCUT2D eigenvalue weighted by Crippen LogP contribution is 2.25. The number of oxazole rings is 1. The molecule has 0 bridgehead atoms. The van der Waals surface area contributed by atoms with Gasteiger partial charge in [0, 0.05) is 37.6 Å². The van der Waals surface area contributed by atoms with Gasteiger partial charge in [0.15, 0.2) is 17.5 Å². The number of aliphatic hydroxyl groups is 1. The minimum absolute atomic E-state index is 0.220. The maximum Gasteiger partial charge on any atom is 0.191 e. The topological polar surface area (TPSA) is 80.2 Å². The van der Waals surface area contributed by atoms with Crippen LogP contribution >= 0.6 is 0 Å². The molecule has 0 saturated heterocycles. The van der Waals surface area contributed by atoms with Gasteiger partial charge >= 0.3 is 0 Å².